The molecule has 39 heavy (non-hydrogen) atoms. The summed E-state index contributed by atoms with van der Waals surface area (Å²) in [7, 11) is 1.83. The maximum Gasteiger partial charge on any atom is 0.255 e. The summed E-state index contributed by atoms with van der Waals surface area (Å²) >= 11 is 0. The van der Waals surface area contributed by atoms with Gasteiger partial charge < -0.3 is 16.0 Å². The summed E-state index contributed by atoms with van der Waals surface area (Å²) in [5.41, 5.74) is 12.2. The van der Waals surface area contributed by atoms with Crippen molar-refractivity contribution in [2.45, 2.75) is 38.6 Å². The number of hydrogen-bond donors (Lipinski definition) is 2. The van der Waals surface area contributed by atoms with Gasteiger partial charge in [-0.15, -0.1) is 0 Å². The van der Waals surface area contributed by atoms with Gasteiger partial charge in [-0.05, 0) is 46.7 Å². The highest BCUT2D eigenvalue weighted by Gasteiger charge is 2.29. The number of aryl methyl sites for hydroxylation is 1. The zero-order chi connectivity index (χ0) is 27.7. The van der Waals surface area contributed by atoms with Crippen molar-refractivity contribution in [1.29, 1.82) is 0 Å². The van der Waals surface area contributed by atoms with E-state index in [1.54, 1.807) is 28.0 Å². The number of nitrogen functional groups attached to an aromatic ring is 1. The number of carbonyl (C=O) groups is 2. The molecule has 1 saturated heterocycles. The number of anilines is 1. The molecule has 3 N–H and O–H groups in total. The molecule has 0 aliphatic carbocycles. The van der Waals surface area contributed by atoms with Gasteiger partial charge in [0.05, 0.1) is 11.8 Å². The zero-order valence-electron chi connectivity index (χ0n) is 22.8. The third-order valence-corrected chi connectivity index (χ3v) is 7.23. The van der Waals surface area contributed by atoms with E-state index in [0.717, 1.165) is 22.3 Å². The average Bonchev–Trinajstić information content (AvgIpc) is 3.57. The quantitative estimate of drug-likeness (QED) is 0.396. The lowest BCUT2D eigenvalue weighted by molar-refractivity contribution is 0.0783. The van der Waals surface area contributed by atoms with Crippen molar-refractivity contribution in [1.82, 2.24) is 25.0 Å². The van der Waals surface area contributed by atoms with Crippen LogP contribution in [0.4, 0.5) is 5.82 Å². The fourth-order valence-electron chi connectivity index (χ4n) is 4.86. The molecule has 0 bridgehead atoms. The number of hydrogen-bond acceptors (Lipinski definition) is 5. The first-order valence-electron chi connectivity index (χ1n) is 13.1. The Labute approximate surface area is 228 Å². The number of benzene rings is 2. The van der Waals surface area contributed by atoms with Crippen LogP contribution in [0.15, 0.2) is 73.2 Å². The topological polar surface area (TPSA) is 106 Å². The summed E-state index contributed by atoms with van der Waals surface area (Å²) in [6.45, 7) is 7.61. The van der Waals surface area contributed by atoms with Crippen LogP contribution in [-0.2, 0) is 12.5 Å². The van der Waals surface area contributed by atoms with Crippen LogP contribution in [-0.4, -0.2) is 50.6 Å². The Morgan fingerprint density at radius 1 is 0.949 bits per heavy atom. The van der Waals surface area contributed by atoms with Crippen molar-refractivity contribution in [2.24, 2.45) is 7.05 Å². The molecule has 4 aromatic rings. The van der Waals surface area contributed by atoms with E-state index in [1.165, 1.54) is 5.56 Å². The smallest absolute Gasteiger partial charge is 0.255 e. The molecule has 200 valence electrons. The van der Waals surface area contributed by atoms with E-state index < -0.39 is 0 Å². The predicted molar refractivity (Wildman–Crippen MR) is 153 cm³/mol. The Morgan fingerprint density at radius 3 is 2.23 bits per heavy atom. The number of nitrogens with two attached hydrogens (primary N) is 1. The summed E-state index contributed by atoms with van der Waals surface area (Å²) < 4.78 is 1.69. The second-order valence-corrected chi connectivity index (χ2v) is 11.2. The van der Waals surface area contributed by atoms with Crippen molar-refractivity contribution >= 4 is 17.6 Å². The van der Waals surface area contributed by atoms with E-state index in [2.05, 4.69) is 60.4 Å². The molecule has 1 fully saturated rings. The number of nitrogens with zero attached hydrogens (tertiary/aromatic N) is 4. The Balaban J connectivity index is 1.21. The van der Waals surface area contributed by atoms with Crippen LogP contribution in [0.3, 0.4) is 0 Å². The van der Waals surface area contributed by atoms with Crippen LogP contribution in [0.25, 0.3) is 22.3 Å². The molecule has 1 aliphatic rings. The molecule has 0 radical (unpaired) electrons. The number of amides is 2. The second kappa shape index (κ2) is 10.4. The largest absolute Gasteiger partial charge is 0.383 e. The highest BCUT2D eigenvalue weighted by atomic mass is 16.2. The summed E-state index contributed by atoms with van der Waals surface area (Å²) in [6.07, 6.45) is 5.87. The number of likely N-dealkylation sites (tertiary alicyclic amines) is 1. The van der Waals surface area contributed by atoms with Gasteiger partial charge in [0.15, 0.2) is 0 Å². The molecule has 2 aromatic carbocycles. The van der Waals surface area contributed by atoms with Crippen molar-refractivity contribution in [2.75, 3.05) is 18.8 Å². The summed E-state index contributed by atoms with van der Waals surface area (Å²) in [5.74, 6) is -0.174. The van der Waals surface area contributed by atoms with Crippen molar-refractivity contribution in [3.63, 3.8) is 0 Å². The summed E-state index contributed by atoms with van der Waals surface area (Å²) in [6, 6.07) is 17.8. The third kappa shape index (κ3) is 5.70. The highest BCUT2D eigenvalue weighted by molar-refractivity contribution is 6.00. The van der Waals surface area contributed by atoms with Crippen LogP contribution in [0.2, 0.25) is 0 Å². The number of carbonyl (C=O) groups excluding carboxylic acids is 2. The van der Waals surface area contributed by atoms with E-state index in [0.29, 0.717) is 30.6 Å². The minimum Gasteiger partial charge on any atom is -0.383 e. The summed E-state index contributed by atoms with van der Waals surface area (Å²) in [4.78, 5) is 32.2. The van der Waals surface area contributed by atoms with E-state index in [9.17, 15) is 9.59 Å². The molecular weight excluding hydrogens is 488 g/mol. The lowest BCUT2D eigenvalue weighted by Crippen LogP contribution is -2.38. The van der Waals surface area contributed by atoms with E-state index >= 15 is 0 Å². The van der Waals surface area contributed by atoms with Crippen molar-refractivity contribution in [3.05, 3.63) is 89.9 Å². The number of pyridine rings is 1. The first-order chi connectivity index (χ1) is 18.6. The Bertz CT molecular complexity index is 1500. The van der Waals surface area contributed by atoms with Crippen LogP contribution in [0.1, 0.15) is 53.5 Å². The Kier molecular flexibility index (Phi) is 6.95. The Hall–Kier alpha value is -4.46. The van der Waals surface area contributed by atoms with Crippen LogP contribution in [0, 0.1) is 0 Å². The van der Waals surface area contributed by atoms with Gasteiger partial charge in [0, 0.05) is 55.3 Å². The van der Waals surface area contributed by atoms with Crippen molar-refractivity contribution < 1.29 is 9.59 Å². The highest BCUT2D eigenvalue weighted by Crippen LogP contribution is 2.27. The molecule has 8 nitrogen and oxygen atoms in total. The maximum atomic E-state index is 13.2. The van der Waals surface area contributed by atoms with Gasteiger partial charge in [-0.1, -0.05) is 57.2 Å². The molecule has 5 rings (SSSR count). The van der Waals surface area contributed by atoms with E-state index in [4.69, 9.17) is 5.73 Å². The number of rotatable bonds is 5. The van der Waals surface area contributed by atoms with Gasteiger partial charge in [-0.25, -0.2) is 4.98 Å². The number of nitrogens with one attached hydrogen (secondary N) is 1. The molecule has 8 heteroatoms. The second-order valence-electron chi connectivity index (χ2n) is 11.2. The molecule has 0 spiro atoms. The molecule has 1 atom stereocenters. The third-order valence-electron chi connectivity index (χ3n) is 7.23. The van der Waals surface area contributed by atoms with Gasteiger partial charge >= 0.3 is 0 Å². The normalized spacial score (nSPS) is 15.4. The zero-order valence-corrected chi connectivity index (χ0v) is 22.8. The molecule has 0 unspecified atom stereocenters. The van der Waals surface area contributed by atoms with Crippen LogP contribution >= 0.6 is 0 Å². The van der Waals surface area contributed by atoms with Crippen LogP contribution < -0.4 is 11.1 Å². The van der Waals surface area contributed by atoms with Crippen LogP contribution in [0.5, 0.6) is 0 Å². The maximum absolute atomic E-state index is 13.2. The SMILES string of the molecule is Cn1cc(-c2cnc(N)c(C(=O)N[C@@H]3CCN(C(=O)c4ccc(-c5ccc(C(C)(C)C)cc5)cc4)C3)c2)cn1. The first-order valence-corrected chi connectivity index (χ1v) is 13.1. The van der Waals surface area contributed by atoms with Gasteiger partial charge in [0.2, 0.25) is 0 Å². The number of aromatic nitrogens is 3. The molecular formula is C31H34N6O2. The monoisotopic (exact) mass is 522 g/mol. The average molecular weight is 523 g/mol. The lowest BCUT2D eigenvalue weighted by Gasteiger charge is -2.19. The molecule has 3 heterocycles. The standard InChI is InChI=1S/C31H34N6O2/c1-31(2,3)25-11-9-21(10-12-25)20-5-7-22(8-6-20)30(39)37-14-13-26(19-37)35-29(38)27-15-23(16-33-28(27)32)24-17-34-36(4)18-24/h5-12,15-18,26H,13-14,19H2,1-4H3,(H2,32,33)(H,35,38)/t26-/m1/s1. The van der Waals surface area contributed by atoms with Crippen molar-refractivity contribution in [3.8, 4) is 22.3 Å². The molecule has 2 amide bonds. The Morgan fingerprint density at radius 2 is 1.62 bits per heavy atom. The minimum absolute atomic E-state index is 0.0406. The molecule has 1 aliphatic heterocycles. The minimum atomic E-state index is -0.299. The summed E-state index contributed by atoms with van der Waals surface area (Å²) in [5, 5.41) is 7.20. The molecule has 2 aromatic heterocycles. The van der Waals surface area contributed by atoms with Gasteiger partial charge in [0.1, 0.15) is 5.82 Å². The molecule has 0 saturated carbocycles. The predicted octanol–water partition coefficient (Wildman–Crippen LogP) is 4.67. The van der Waals surface area contributed by atoms with Gasteiger partial charge in [-0.2, -0.15) is 5.10 Å². The fourth-order valence-corrected chi connectivity index (χ4v) is 4.86. The first kappa shape index (κ1) is 26.2. The van der Waals surface area contributed by atoms with E-state index in [1.807, 2.05) is 37.5 Å². The van der Waals surface area contributed by atoms with E-state index in [-0.39, 0.29) is 29.1 Å². The lowest BCUT2D eigenvalue weighted by atomic mass is 9.86. The van der Waals surface area contributed by atoms with Gasteiger partial charge in [-0.3, -0.25) is 14.3 Å². The van der Waals surface area contributed by atoms with Gasteiger partial charge in [0.25, 0.3) is 11.8 Å². The fraction of sp³-hybridized carbons (Fsp3) is 0.290.